The van der Waals surface area contributed by atoms with E-state index >= 15 is 0 Å². The minimum Gasteiger partial charge on any atom is -0.390 e. The van der Waals surface area contributed by atoms with E-state index in [2.05, 4.69) is 10.2 Å². The predicted molar refractivity (Wildman–Crippen MR) is 145 cm³/mol. The minimum atomic E-state index is -3.34. The van der Waals surface area contributed by atoms with Gasteiger partial charge < -0.3 is 15.0 Å². The molecule has 10 heteroatoms. The smallest absolute Gasteiger partial charge is 0.264 e. The number of para-hydroxylation sites is 1. The normalized spacial score (nSPS) is 23.2. The van der Waals surface area contributed by atoms with Gasteiger partial charge >= 0.3 is 0 Å². The van der Waals surface area contributed by atoms with Gasteiger partial charge in [-0.3, -0.25) is 14.5 Å². The third-order valence-corrected chi connectivity index (χ3v) is 9.24. The van der Waals surface area contributed by atoms with Gasteiger partial charge in [0.05, 0.1) is 17.9 Å². The number of carbonyl (C=O) groups is 1. The molecule has 1 aromatic carbocycles. The van der Waals surface area contributed by atoms with E-state index in [4.69, 9.17) is 0 Å². The molecule has 204 valence electrons. The van der Waals surface area contributed by atoms with E-state index in [-0.39, 0.29) is 29.6 Å². The highest BCUT2D eigenvalue weighted by Gasteiger charge is 2.41. The maximum atomic E-state index is 13.2. The first-order valence-corrected chi connectivity index (χ1v) is 15.2. The van der Waals surface area contributed by atoms with Crippen molar-refractivity contribution in [1.29, 1.82) is 0 Å². The molecule has 2 aliphatic rings. The fourth-order valence-corrected chi connectivity index (χ4v) is 7.09. The summed E-state index contributed by atoms with van der Waals surface area (Å²) in [6.45, 7) is 7.05. The van der Waals surface area contributed by atoms with Gasteiger partial charge in [-0.15, -0.1) is 0 Å². The Balaban J connectivity index is 1.38. The van der Waals surface area contributed by atoms with Crippen molar-refractivity contribution < 1.29 is 18.3 Å². The number of piperidine rings is 1. The molecule has 2 unspecified atom stereocenters. The lowest BCUT2D eigenvalue weighted by Crippen LogP contribution is -2.50. The summed E-state index contributed by atoms with van der Waals surface area (Å²) in [6.07, 6.45) is 4.31. The topological polar surface area (TPSA) is 112 Å². The maximum Gasteiger partial charge on any atom is 0.264 e. The zero-order chi connectivity index (χ0) is 26.9. The number of nitrogens with one attached hydrogen (secondary N) is 1. The van der Waals surface area contributed by atoms with E-state index in [9.17, 15) is 23.1 Å². The maximum absolute atomic E-state index is 13.2. The molecule has 2 N–H and O–H groups in total. The Morgan fingerprint density at radius 2 is 1.84 bits per heavy atom. The third-order valence-electron chi connectivity index (χ3n) is 7.90. The average molecular weight is 533 g/mol. The predicted octanol–water partition coefficient (Wildman–Crippen LogP) is 2.20. The Labute approximate surface area is 219 Å². The highest BCUT2D eigenvalue weighted by atomic mass is 32.2. The molecular formula is C27H40N4O5S. The van der Waals surface area contributed by atoms with Crippen molar-refractivity contribution in [2.75, 3.05) is 32.4 Å². The van der Waals surface area contributed by atoms with Crippen molar-refractivity contribution >= 4 is 26.8 Å². The van der Waals surface area contributed by atoms with Crippen molar-refractivity contribution in [1.82, 2.24) is 19.1 Å². The molecule has 4 atom stereocenters. The van der Waals surface area contributed by atoms with Crippen LogP contribution in [-0.4, -0.2) is 83.8 Å². The standard InChI is InChI=1S/C27H40N4O5S/c1-5-29(37(4,35)36)16-23(32)17-30-21-10-11-22(30)13-19(12-21)15-28-26(33)24-14-20-8-6-7-9-25(20)31(18(2)3)27(24)34/h6-9,14,18-19,21-23,32H,5,10-13,15-17H2,1-4H3,(H,28,33)/t19?,21-,22+,23?. The van der Waals surface area contributed by atoms with Gasteiger partial charge in [-0.25, -0.2) is 8.42 Å². The van der Waals surface area contributed by atoms with Crippen LogP contribution in [0.15, 0.2) is 35.1 Å². The number of aromatic nitrogens is 1. The molecule has 2 saturated heterocycles. The summed E-state index contributed by atoms with van der Waals surface area (Å²) in [6, 6.07) is 9.86. The molecule has 4 rings (SSSR count). The number of carbonyl (C=O) groups excluding carboxylic acids is 1. The fourth-order valence-electron chi connectivity index (χ4n) is 6.18. The number of aliphatic hydroxyl groups is 1. The number of rotatable bonds is 10. The van der Waals surface area contributed by atoms with Gasteiger partial charge in [0, 0.05) is 44.3 Å². The monoisotopic (exact) mass is 532 g/mol. The minimum absolute atomic E-state index is 0.0673. The summed E-state index contributed by atoms with van der Waals surface area (Å²) in [5, 5.41) is 14.5. The van der Waals surface area contributed by atoms with Crippen molar-refractivity contribution in [2.45, 2.75) is 70.7 Å². The van der Waals surface area contributed by atoms with E-state index in [1.165, 1.54) is 10.6 Å². The summed E-state index contributed by atoms with van der Waals surface area (Å²) in [5.41, 5.74) is 0.719. The zero-order valence-corrected chi connectivity index (χ0v) is 23.1. The van der Waals surface area contributed by atoms with Crippen LogP contribution in [0.5, 0.6) is 0 Å². The first-order chi connectivity index (χ1) is 17.5. The number of benzene rings is 1. The Morgan fingerprint density at radius 1 is 1.19 bits per heavy atom. The van der Waals surface area contributed by atoms with Crippen LogP contribution in [0.2, 0.25) is 0 Å². The van der Waals surface area contributed by atoms with Gasteiger partial charge in [0.1, 0.15) is 5.56 Å². The van der Waals surface area contributed by atoms with E-state index < -0.39 is 16.1 Å². The molecular weight excluding hydrogens is 492 g/mol. The van der Waals surface area contributed by atoms with Crippen LogP contribution in [-0.2, 0) is 10.0 Å². The molecule has 3 heterocycles. The summed E-state index contributed by atoms with van der Waals surface area (Å²) in [4.78, 5) is 28.6. The summed E-state index contributed by atoms with van der Waals surface area (Å²) in [7, 11) is -3.34. The molecule has 0 aliphatic carbocycles. The molecule has 2 fully saturated rings. The van der Waals surface area contributed by atoms with Crippen LogP contribution in [0, 0.1) is 5.92 Å². The number of amides is 1. The van der Waals surface area contributed by atoms with Crippen molar-refractivity contribution in [3.63, 3.8) is 0 Å². The molecule has 2 bridgehead atoms. The molecule has 1 amide bonds. The number of sulfonamides is 1. The zero-order valence-electron chi connectivity index (χ0n) is 22.3. The third kappa shape index (κ3) is 6.08. The van der Waals surface area contributed by atoms with Crippen molar-refractivity contribution in [3.8, 4) is 0 Å². The first-order valence-electron chi connectivity index (χ1n) is 13.3. The molecule has 2 aliphatic heterocycles. The molecule has 0 saturated carbocycles. The number of fused-ring (bicyclic) bond motifs is 3. The number of hydrogen-bond acceptors (Lipinski definition) is 6. The highest BCUT2D eigenvalue weighted by molar-refractivity contribution is 7.88. The van der Waals surface area contributed by atoms with Gasteiger partial charge in [-0.1, -0.05) is 25.1 Å². The molecule has 2 aromatic rings. The summed E-state index contributed by atoms with van der Waals surface area (Å²) >= 11 is 0. The number of nitrogens with zero attached hydrogens (tertiary/aromatic N) is 3. The summed E-state index contributed by atoms with van der Waals surface area (Å²) < 4.78 is 26.8. The lowest BCUT2D eigenvalue weighted by atomic mass is 9.90. The van der Waals surface area contributed by atoms with Crippen LogP contribution >= 0.6 is 0 Å². The molecule has 0 spiro atoms. The van der Waals surface area contributed by atoms with Crippen LogP contribution in [0.4, 0.5) is 0 Å². The Bertz CT molecular complexity index is 1280. The number of hydrogen-bond donors (Lipinski definition) is 2. The van der Waals surface area contributed by atoms with Gasteiger partial charge in [-0.05, 0) is 63.0 Å². The van der Waals surface area contributed by atoms with Crippen LogP contribution in [0.1, 0.15) is 62.9 Å². The van der Waals surface area contributed by atoms with Crippen molar-refractivity contribution in [2.24, 2.45) is 5.92 Å². The summed E-state index contributed by atoms with van der Waals surface area (Å²) in [5.74, 6) is -0.0402. The Kier molecular flexibility index (Phi) is 8.42. The molecule has 0 radical (unpaired) electrons. The van der Waals surface area contributed by atoms with Gasteiger partial charge in [0.15, 0.2) is 0 Å². The second-order valence-electron chi connectivity index (χ2n) is 10.9. The van der Waals surface area contributed by atoms with E-state index in [0.29, 0.717) is 37.6 Å². The fraction of sp³-hybridized carbons (Fsp3) is 0.630. The van der Waals surface area contributed by atoms with E-state index in [1.807, 2.05) is 38.1 Å². The van der Waals surface area contributed by atoms with E-state index in [0.717, 1.165) is 36.6 Å². The van der Waals surface area contributed by atoms with E-state index in [1.54, 1.807) is 17.6 Å². The second-order valence-corrected chi connectivity index (χ2v) is 12.9. The highest BCUT2D eigenvalue weighted by Crippen LogP contribution is 2.38. The van der Waals surface area contributed by atoms with Crippen LogP contribution in [0.3, 0.4) is 0 Å². The number of pyridine rings is 1. The van der Waals surface area contributed by atoms with Gasteiger partial charge in [-0.2, -0.15) is 4.31 Å². The number of aliphatic hydroxyl groups excluding tert-OH is 1. The molecule has 9 nitrogen and oxygen atoms in total. The first kappa shape index (κ1) is 27.8. The quantitative estimate of drug-likeness (QED) is 0.485. The largest absolute Gasteiger partial charge is 0.390 e. The lowest BCUT2D eigenvalue weighted by molar-refractivity contribution is 0.0381. The van der Waals surface area contributed by atoms with Gasteiger partial charge in [0.25, 0.3) is 11.5 Å². The Hall–Kier alpha value is -2.27. The lowest BCUT2D eigenvalue weighted by Gasteiger charge is -2.40. The SMILES string of the molecule is CCN(CC(O)CN1[C@@H]2CC[C@H]1CC(CNC(=O)c1cc3ccccc3n(C(C)C)c1=O)C2)S(C)(=O)=O. The van der Waals surface area contributed by atoms with Gasteiger partial charge in [0.2, 0.25) is 10.0 Å². The second kappa shape index (κ2) is 11.2. The van der Waals surface area contributed by atoms with Crippen LogP contribution in [0.25, 0.3) is 10.9 Å². The average Bonchev–Trinajstić information content (AvgIpc) is 3.06. The van der Waals surface area contributed by atoms with Crippen LogP contribution < -0.4 is 10.9 Å². The molecule has 37 heavy (non-hydrogen) atoms. The number of likely N-dealkylation sites (N-methyl/N-ethyl adjacent to an activating group) is 1. The Morgan fingerprint density at radius 3 is 2.43 bits per heavy atom. The molecule has 1 aromatic heterocycles. The van der Waals surface area contributed by atoms with Crippen molar-refractivity contribution in [3.05, 3.63) is 46.2 Å².